The Morgan fingerprint density at radius 2 is 2.12 bits per heavy atom. The number of H-pyrrole nitrogens is 1. The monoisotopic (exact) mass is 334 g/mol. The minimum Gasteiger partial charge on any atom is -0.346 e. The summed E-state index contributed by atoms with van der Waals surface area (Å²) in [5.41, 5.74) is 2.14. The molecular formula is C19H15FN4O. The summed E-state index contributed by atoms with van der Waals surface area (Å²) in [5, 5.41) is 12.9. The summed E-state index contributed by atoms with van der Waals surface area (Å²) < 4.78 is 13.0. The molecule has 3 rings (SSSR count). The van der Waals surface area contributed by atoms with Crippen molar-refractivity contribution in [2.45, 2.75) is 13.0 Å². The highest BCUT2D eigenvalue weighted by Crippen LogP contribution is 2.19. The minimum absolute atomic E-state index is 0.0151. The largest absolute Gasteiger partial charge is 0.346 e. The molecule has 0 aliphatic carbocycles. The predicted octanol–water partition coefficient (Wildman–Crippen LogP) is 3.49. The van der Waals surface area contributed by atoms with Crippen molar-refractivity contribution in [2.75, 3.05) is 0 Å². The number of benzene rings is 1. The number of hydrogen-bond donors (Lipinski definition) is 2. The fourth-order valence-corrected chi connectivity index (χ4v) is 2.51. The number of nitriles is 1. The Bertz CT molecular complexity index is 983. The quantitative estimate of drug-likeness (QED) is 0.566. The van der Waals surface area contributed by atoms with Gasteiger partial charge in [0, 0.05) is 23.3 Å². The van der Waals surface area contributed by atoms with Gasteiger partial charge in [0.1, 0.15) is 23.1 Å². The molecule has 1 aromatic carbocycles. The normalized spacial score (nSPS) is 12.6. The van der Waals surface area contributed by atoms with Gasteiger partial charge in [-0.15, -0.1) is 0 Å². The van der Waals surface area contributed by atoms with Crippen molar-refractivity contribution in [3.8, 4) is 6.07 Å². The standard InChI is InChI=1S/C19H15FN4O/c1-12(13-4-6-16(20)7-5-13)24-19(25)14(10-21)9-15-11-23-18-17(15)3-2-8-22-18/h2-9,11-12H,1H3,(H,22,23)(H,24,25)/b14-9+. The van der Waals surface area contributed by atoms with Crippen LogP contribution in [0.4, 0.5) is 4.39 Å². The van der Waals surface area contributed by atoms with E-state index < -0.39 is 5.91 Å². The number of pyridine rings is 1. The lowest BCUT2D eigenvalue weighted by molar-refractivity contribution is -0.117. The lowest BCUT2D eigenvalue weighted by Crippen LogP contribution is -2.27. The summed E-state index contributed by atoms with van der Waals surface area (Å²) in [4.78, 5) is 19.6. The van der Waals surface area contributed by atoms with Crippen molar-refractivity contribution >= 4 is 23.0 Å². The first-order valence-electron chi connectivity index (χ1n) is 7.68. The molecule has 1 amide bonds. The molecule has 2 N–H and O–H groups in total. The van der Waals surface area contributed by atoms with Gasteiger partial charge in [0.25, 0.3) is 5.91 Å². The average molecular weight is 334 g/mol. The number of aromatic nitrogens is 2. The van der Waals surface area contributed by atoms with E-state index in [-0.39, 0.29) is 17.4 Å². The summed E-state index contributed by atoms with van der Waals surface area (Å²) in [5.74, 6) is -0.828. The Morgan fingerprint density at radius 1 is 1.36 bits per heavy atom. The lowest BCUT2D eigenvalue weighted by atomic mass is 10.1. The van der Waals surface area contributed by atoms with Gasteiger partial charge >= 0.3 is 0 Å². The Hall–Kier alpha value is -3.46. The van der Waals surface area contributed by atoms with Gasteiger partial charge in [-0.25, -0.2) is 9.37 Å². The van der Waals surface area contributed by atoms with Crippen LogP contribution < -0.4 is 5.32 Å². The first-order valence-corrected chi connectivity index (χ1v) is 7.68. The Kier molecular flexibility index (Phi) is 4.57. The van der Waals surface area contributed by atoms with E-state index in [1.807, 2.05) is 12.1 Å². The van der Waals surface area contributed by atoms with Gasteiger partial charge in [-0.05, 0) is 42.8 Å². The lowest BCUT2D eigenvalue weighted by Gasteiger charge is -2.13. The van der Waals surface area contributed by atoms with Gasteiger partial charge < -0.3 is 10.3 Å². The van der Waals surface area contributed by atoms with E-state index in [4.69, 9.17) is 0 Å². The highest BCUT2D eigenvalue weighted by Gasteiger charge is 2.15. The van der Waals surface area contributed by atoms with E-state index in [9.17, 15) is 14.4 Å². The van der Waals surface area contributed by atoms with E-state index in [1.54, 1.807) is 37.5 Å². The first-order chi connectivity index (χ1) is 12.1. The van der Waals surface area contributed by atoms with Gasteiger partial charge in [-0.1, -0.05) is 12.1 Å². The summed E-state index contributed by atoms with van der Waals surface area (Å²) in [6.45, 7) is 1.77. The van der Waals surface area contributed by atoms with Crippen LogP contribution in [0.1, 0.15) is 24.1 Å². The smallest absolute Gasteiger partial charge is 0.262 e. The second-order valence-electron chi connectivity index (χ2n) is 5.56. The van der Waals surface area contributed by atoms with Gasteiger partial charge in [0.05, 0.1) is 6.04 Å². The van der Waals surface area contributed by atoms with E-state index >= 15 is 0 Å². The number of carbonyl (C=O) groups excluding carboxylic acids is 1. The Morgan fingerprint density at radius 3 is 2.84 bits per heavy atom. The summed E-state index contributed by atoms with van der Waals surface area (Å²) in [6.07, 6.45) is 4.88. The second-order valence-corrected chi connectivity index (χ2v) is 5.56. The fourth-order valence-electron chi connectivity index (χ4n) is 2.51. The molecule has 0 saturated heterocycles. The number of hydrogen-bond acceptors (Lipinski definition) is 3. The molecule has 2 heterocycles. The zero-order valence-corrected chi connectivity index (χ0v) is 13.5. The number of carbonyl (C=O) groups is 1. The third kappa shape index (κ3) is 3.56. The van der Waals surface area contributed by atoms with E-state index in [2.05, 4.69) is 15.3 Å². The van der Waals surface area contributed by atoms with Crippen molar-refractivity contribution < 1.29 is 9.18 Å². The van der Waals surface area contributed by atoms with Crippen LogP contribution in [-0.2, 0) is 4.79 Å². The van der Waals surface area contributed by atoms with Gasteiger partial charge in [0.2, 0.25) is 0 Å². The molecule has 0 aliphatic rings. The molecule has 1 atom stereocenters. The number of nitrogens with one attached hydrogen (secondary N) is 2. The second kappa shape index (κ2) is 6.97. The highest BCUT2D eigenvalue weighted by atomic mass is 19.1. The SMILES string of the molecule is CC(NC(=O)/C(C#N)=C/c1c[nH]c2ncccc12)c1ccc(F)cc1. The molecule has 0 spiro atoms. The maximum Gasteiger partial charge on any atom is 0.262 e. The van der Waals surface area contributed by atoms with Crippen LogP contribution in [0, 0.1) is 17.1 Å². The summed E-state index contributed by atoms with van der Waals surface area (Å²) in [6, 6.07) is 11.1. The number of aromatic amines is 1. The molecule has 5 nitrogen and oxygen atoms in total. The highest BCUT2D eigenvalue weighted by molar-refractivity contribution is 6.03. The molecule has 124 valence electrons. The number of halogens is 1. The van der Waals surface area contributed by atoms with Crippen LogP contribution in [0.15, 0.2) is 54.4 Å². The molecule has 0 saturated carbocycles. The van der Waals surface area contributed by atoms with Crippen molar-refractivity contribution in [1.82, 2.24) is 15.3 Å². The maximum absolute atomic E-state index is 13.0. The van der Waals surface area contributed by atoms with Gasteiger partial charge in [-0.2, -0.15) is 5.26 Å². The first kappa shape index (κ1) is 16.4. The van der Waals surface area contributed by atoms with Crippen LogP contribution in [-0.4, -0.2) is 15.9 Å². The number of amides is 1. The summed E-state index contributed by atoms with van der Waals surface area (Å²) in [7, 11) is 0. The van der Waals surface area contributed by atoms with Crippen LogP contribution in [0.3, 0.4) is 0 Å². The zero-order chi connectivity index (χ0) is 17.8. The average Bonchev–Trinajstić information content (AvgIpc) is 3.03. The molecule has 3 aromatic rings. The van der Waals surface area contributed by atoms with Crippen molar-refractivity contribution in [3.05, 3.63) is 71.3 Å². The van der Waals surface area contributed by atoms with Gasteiger partial charge in [0.15, 0.2) is 0 Å². The minimum atomic E-state index is -0.488. The fraction of sp³-hybridized carbons (Fsp3) is 0.105. The number of nitrogens with zero attached hydrogens (tertiary/aromatic N) is 2. The maximum atomic E-state index is 13.0. The van der Waals surface area contributed by atoms with Crippen LogP contribution in [0.5, 0.6) is 0 Å². The molecule has 0 bridgehead atoms. The van der Waals surface area contributed by atoms with Crippen LogP contribution in [0.25, 0.3) is 17.1 Å². The zero-order valence-electron chi connectivity index (χ0n) is 13.5. The third-order valence-electron chi connectivity index (χ3n) is 3.87. The van der Waals surface area contributed by atoms with Crippen LogP contribution >= 0.6 is 0 Å². The topological polar surface area (TPSA) is 81.6 Å². The third-order valence-corrected chi connectivity index (χ3v) is 3.87. The van der Waals surface area contributed by atoms with Gasteiger partial charge in [-0.3, -0.25) is 4.79 Å². The predicted molar refractivity (Wildman–Crippen MR) is 92.6 cm³/mol. The molecule has 0 radical (unpaired) electrons. The molecule has 0 aliphatic heterocycles. The van der Waals surface area contributed by atoms with Crippen molar-refractivity contribution in [3.63, 3.8) is 0 Å². The number of rotatable bonds is 4. The molecule has 0 fully saturated rings. The molecule has 6 heteroatoms. The van der Waals surface area contributed by atoms with Crippen molar-refractivity contribution in [2.24, 2.45) is 0 Å². The van der Waals surface area contributed by atoms with Crippen molar-refractivity contribution in [1.29, 1.82) is 5.26 Å². The summed E-state index contributed by atoms with van der Waals surface area (Å²) >= 11 is 0. The Balaban J connectivity index is 1.81. The molecular weight excluding hydrogens is 319 g/mol. The van der Waals surface area contributed by atoms with E-state index in [0.717, 1.165) is 10.9 Å². The molecule has 2 aromatic heterocycles. The molecule has 25 heavy (non-hydrogen) atoms. The molecule has 1 unspecified atom stereocenters. The Labute approximate surface area is 143 Å². The number of fused-ring (bicyclic) bond motifs is 1. The van der Waals surface area contributed by atoms with E-state index in [1.165, 1.54) is 18.2 Å². The van der Waals surface area contributed by atoms with Crippen LogP contribution in [0.2, 0.25) is 0 Å². The van der Waals surface area contributed by atoms with E-state index in [0.29, 0.717) is 11.2 Å².